The molecule has 0 unspecified atom stereocenters. The zero-order chi connectivity index (χ0) is 64.0. The van der Waals surface area contributed by atoms with E-state index in [1.807, 2.05) is 28.2 Å². The maximum Gasteiger partial charge on any atom is 0.231 e. The second kappa shape index (κ2) is 53.2. The molecule has 28 heteroatoms. The smallest absolute Gasteiger partial charge is 0.231 e. The van der Waals surface area contributed by atoms with Crippen molar-refractivity contribution in [2.24, 2.45) is 0 Å². The quantitative estimate of drug-likeness (QED) is 0.123. The van der Waals surface area contributed by atoms with Gasteiger partial charge in [0.15, 0.2) is 46.0 Å². The largest absolute Gasteiger partial charge is 1.00 e. The SMILES string of the molecule is CNC.CNC.Cl.Cl.[Cl-].[Cl-].[ClH2+].[ClH2+].[ClH2+].[ClH2+].[ClH2+].[ClH2+].[Ru].[Ru].[Ru].[Ru].c1ccc(P(c2ccccc2)c2ccc3c(c2-c2c(P(c4ccccc4)c4ccccc4)ccc4c2OCO4)OCO3)cc1.c1ccc(P(c2ccccc2)c2ccc3c(c2-c2c(P(c4ccccc4)c4ccccc4)ccc4c2OCO4)OCO3)cc1. The summed E-state index contributed by atoms with van der Waals surface area (Å²) in [5, 5.41) is 20.3. The van der Waals surface area contributed by atoms with Crippen LogP contribution in [0.15, 0.2) is 291 Å². The van der Waals surface area contributed by atoms with Crippen LogP contribution in [0.1, 0.15) is 0 Å². The average Bonchev–Trinajstić information content (AvgIpc) is 1.02. The average molecular weight is 2080 g/mol. The van der Waals surface area contributed by atoms with Crippen molar-refractivity contribution in [3.05, 3.63) is 291 Å². The first kappa shape index (κ1) is 106. The van der Waals surface area contributed by atoms with E-state index in [0.29, 0.717) is 0 Å². The molecule has 0 atom stereocenters. The number of rotatable bonds is 14. The molecule has 0 amide bonds. The number of hydrogen-bond acceptors (Lipinski definition) is 10. The first-order valence-electron chi connectivity index (χ1n) is 31.1. The molecule has 12 aromatic carbocycles. The van der Waals surface area contributed by atoms with E-state index in [-0.39, 0.29) is 229 Å². The molecule has 16 rings (SSSR count). The maximum absolute atomic E-state index is 6.35. The van der Waals surface area contributed by atoms with Crippen molar-refractivity contribution in [1.29, 1.82) is 0 Å². The first-order valence-corrected chi connectivity index (χ1v) is 36.4. The van der Waals surface area contributed by atoms with Crippen LogP contribution in [0.2, 0.25) is 0 Å². The molecule has 0 saturated heterocycles. The molecule has 580 valence electrons. The van der Waals surface area contributed by atoms with Gasteiger partial charge in [-0.3, -0.25) is 0 Å². The van der Waals surface area contributed by atoms with Crippen LogP contribution in [0.25, 0.3) is 22.3 Å². The second-order valence-electron chi connectivity index (χ2n) is 21.8. The van der Waals surface area contributed by atoms with Crippen LogP contribution < -0.4 is 137 Å². The summed E-state index contributed by atoms with van der Waals surface area (Å²) in [5.74, 6) is 5.98. The van der Waals surface area contributed by atoms with Gasteiger partial charge in [-0.15, -0.1) is 24.8 Å². The van der Waals surface area contributed by atoms with Gasteiger partial charge in [0.2, 0.25) is 27.2 Å². The number of fused-ring (bicyclic) bond motifs is 4. The van der Waals surface area contributed by atoms with Gasteiger partial charge in [0.1, 0.15) is 0 Å². The van der Waals surface area contributed by atoms with Crippen molar-refractivity contribution in [2.45, 2.75) is 0 Å². The van der Waals surface area contributed by atoms with E-state index < -0.39 is 31.7 Å². The number of nitrogens with one attached hydrogen (secondary N) is 2. The van der Waals surface area contributed by atoms with Crippen molar-refractivity contribution in [1.82, 2.24) is 10.6 Å². The Bertz CT molecular complexity index is 3800. The topological polar surface area (TPSA) is 97.9 Å². The van der Waals surface area contributed by atoms with Gasteiger partial charge in [-0.25, -0.2) is 0 Å². The molecule has 0 radical (unpaired) electrons. The monoisotopic (exact) mass is 2080 g/mol. The summed E-state index contributed by atoms with van der Waals surface area (Å²) >= 11 is 0. The molecule has 0 saturated carbocycles. The van der Waals surface area contributed by atoms with Crippen LogP contribution in [0.4, 0.5) is 0 Å². The Morgan fingerprint density at radius 1 is 0.213 bits per heavy atom. The van der Waals surface area contributed by atoms with Gasteiger partial charge in [-0.05, 0) is 172 Å². The molecule has 0 aromatic heterocycles. The molecular weight excluding hydrogens is 2000 g/mol. The van der Waals surface area contributed by atoms with Crippen LogP contribution in [0.3, 0.4) is 0 Å². The Morgan fingerprint density at radius 3 is 0.472 bits per heavy atom. The Morgan fingerprint density at radius 2 is 0.343 bits per heavy atom. The van der Waals surface area contributed by atoms with E-state index in [9.17, 15) is 0 Å². The molecule has 0 aliphatic carbocycles. The van der Waals surface area contributed by atoms with Gasteiger partial charge < -0.3 is 73.3 Å². The summed E-state index contributed by atoms with van der Waals surface area (Å²) in [5.41, 5.74) is 4.04. The van der Waals surface area contributed by atoms with Gasteiger partial charge >= 0.3 is 0 Å². The van der Waals surface area contributed by atoms with E-state index in [2.05, 4.69) is 302 Å². The van der Waals surface area contributed by atoms with Crippen molar-refractivity contribution >= 4 is 120 Å². The van der Waals surface area contributed by atoms with Crippen LogP contribution >= 0.6 is 56.5 Å². The number of hydrogen-bond donors (Lipinski definition) is 2. The summed E-state index contributed by atoms with van der Waals surface area (Å²) in [7, 11) is 3.63. The third kappa shape index (κ3) is 24.1. The summed E-state index contributed by atoms with van der Waals surface area (Å²) in [6, 6.07) is 103. The molecule has 4 aliphatic rings. The van der Waals surface area contributed by atoms with Crippen LogP contribution in [-0.4, -0.2) is 55.4 Å². The van der Waals surface area contributed by atoms with E-state index >= 15 is 0 Å². The third-order valence-electron chi connectivity index (χ3n) is 15.6. The maximum atomic E-state index is 6.35. The van der Waals surface area contributed by atoms with Crippen LogP contribution in [0.5, 0.6) is 46.0 Å². The van der Waals surface area contributed by atoms with Crippen LogP contribution in [0, 0.1) is 74.4 Å². The molecule has 0 bridgehead atoms. The Hall–Kier alpha value is -3.93. The van der Waals surface area contributed by atoms with Crippen LogP contribution in [-0.2, 0) is 77.9 Å². The van der Waals surface area contributed by atoms with Gasteiger partial charge in [0.05, 0.1) is 74.4 Å². The second-order valence-corrected chi connectivity index (χ2v) is 30.5. The number of benzene rings is 12. The Kier molecular flexibility index (Phi) is 52.3. The van der Waals surface area contributed by atoms with Crippen molar-refractivity contribution in [2.75, 3.05) is 55.4 Å². The van der Waals surface area contributed by atoms with E-state index in [1.165, 1.54) is 63.7 Å². The fourth-order valence-corrected chi connectivity index (χ4v) is 21.7. The minimum atomic E-state index is -0.968. The molecule has 4 heterocycles. The van der Waals surface area contributed by atoms with Gasteiger partial charge in [-0.1, -0.05) is 243 Å². The number of halogens is 10. The van der Waals surface area contributed by atoms with Gasteiger partial charge in [0, 0.05) is 100 Å². The molecule has 0 spiro atoms. The van der Waals surface area contributed by atoms with Crippen molar-refractivity contribution in [3.8, 4) is 68.2 Å². The Balaban J connectivity index is 0. The van der Waals surface area contributed by atoms with E-state index in [1.54, 1.807) is 0 Å². The summed E-state index contributed by atoms with van der Waals surface area (Å²) in [6.45, 7) is 0.699. The molecule has 10 nitrogen and oxygen atoms in total. The fourth-order valence-electron chi connectivity index (χ4n) is 11.9. The predicted molar refractivity (Wildman–Crippen MR) is 424 cm³/mol. The molecule has 108 heavy (non-hydrogen) atoms. The normalized spacial score (nSPS) is 11.0. The molecule has 0 fully saturated rings. The minimum Gasteiger partial charge on any atom is -1.00 e. The van der Waals surface area contributed by atoms with E-state index in [4.69, 9.17) is 37.9 Å². The predicted octanol–water partition coefficient (Wildman–Crippen LogP) is 3.96. The zero-order valence-corrected chi connectivity index (χ0v) is 77.3. The Labute approximate surface area is 752 Å². The zero-order valence-electron chi connectivity index (χ0n) is 58.3. The third-order valence-corrected chi connectivity index (χ3v) is 25.6. The van der Waals surface area contributed by atoms with Gasteiger partial charge in [0.25, 0.3) is 0 Å². The molecular formula is C80H84Cl10N2O8P4Ru4+4. The summed E-state index contributed by atoms with van der Waals surface area (Å²) in [4.78, 5) is 0. The van der Waals surface area contributed by atoms with Crippen molar-refractivity contribution in [3.63, 3.8) is 0 Å². The van der Waals surface area contributed by atoms with Crippen molar-refractivity contribution < 1.29 is 215 Å². The summed E-state index contributed by atoms with van der Waals surface area (Å²) in [6.07, 6.45) is 0. The fraction of sp³-hybridized carbons (Fsp3) is 0.100. The molecule has 4 aliphatic heterocycles. The molecule has 2 N–H and O–H groups in total. The van der Waals surface area contributed by atoms with E-state index in [0.717, 1.165) is 68.2 Å². The summed E-state index contributed by atoms with van der Waals surface area (Å²) < 4.78 is 49.5. The minimum absolute atomic E-state index is 0. The number of ether oxygens (including phenoxy) is 8. The first-order chi connectivity index (χ1) is 46.6. The van der Waals surface area contributed by atoms with Gasteiger partial charge in [-0.2, -0.15) is 0 Å². The standard InChI is InChI=1S/2C38H28O4P2.2C2H7N.6ClH2.4ClH.4Ru/c2*1-5-13-27(14-6-1)43(28-15-7-2-8-16-28)33-23-21-31-37(41-25-39-31)35(33)36-34(24-22-32-38(36)42-26-40-32)44(29-17-9-3-10-18-29)30-19-11-4-12-20-30;2*1-3-2;;;;;;;;;;;;;;/h2*1-24H,25-26H2;2*3H,1-2H3;6*1H2;4*1H;;;;/q;;;;6*+1;;;;;;;;/p-2. The molecule has 12 aromatic rings.